The second-order valence-electron chi connectivity index (χ2n) is 7.61. The summed E-state index contributed by atoms with van der Waals surface area (Å²) in [5.74, 6) is 0.620. The van der Waals surface area contributed by atoms with Crippen LogP contribution in [0.1, 0.15) is 29.3 Å². The first kappa shape index (κ1) is 21.2. The third-order valence-corrected chi connectivity index (χ3v) is 6.95. The van der Waals surface area contributed by atoms with Crippen LogP contribution in [-0.2, 0) is 20.9 Å². The first-order valence-corrected chi connectivity index (χ1v) is 11.6. The third-order valence-electron chi connectivity index (χ3n) is 5.36. The lowest BCUT2D eigenvalue weighted by Crippen LogP contribution is -2.43. The van der Waals surface area contributed by atoms with Gasteiger partial charge < -0.3 is 9.64 Å². The molecular weight excluding hydrogens is 420 g/mol. The highest BCUT2D eigenvalue weighted by Crippen LogP contribution is 2.41. The van der Waals surface area contributed by atoms with Crippen molar-refractivity contribution in [3.05, 3.63) is 70.7 Å². The summed E-state index contributed by atoms with van der Waals surface area (Å²) in [6, 6.07) is 17.6. The van der Waals surface area contributed by atoms with E-state index in [9.17, 15) is 9.59 Å². The number of carbonyl (C=O) groups excluding carboxylic acids is 2. The number of carbonyl (C=O) groups is 2. The topological polar surface area (TPSA) is 49.9 Å². The molecule has 1 atom stereocenters. The molecule has 4 rings (SSSR count). The molecule has 0 bridgehead atoms. The molecule has 1 amide bonds. The summed E-state index contributed by atoms with van der Waals surface area (Å²) in [5.41, 5.74) is 1.92. The smallest absolute Gasteiger partial charge is 0.320 e. The van der Waals surface area contributed by atoms with Gasteiger partial charge in [-0.1, -0.05) is 60.1 Å². The highest BCUT2D eigenvalue weighted by atomic mass is 35.5. The van der Waals surface area contributed by atoms with Crippen molar-refractivity contribution in [2.24, 2.45) is 0 Å². The fraction of sp³-hybridized carbons (Fsp3) is 0.391. The molecule has 2 aromatic rings. The van der Waals surface area contributed by atoms with Crippen molar-refractivity contribution in [3.63, 3.8) is 0 Å². The minimum atomic E-state index is -0.294. The largest absolute Gasteiger partial charge is 0.460 e. The van der Waals surface area contributed by atoms with Crippen LogP contribution < -0.4 is 0 Å². The molecule has 1 saturated heterocycles. The second kappa shape index (κ2) is 9.86. The standard InChI is InChI=1S/C23H25ClN2O3S/c24-20-9-5-4-8-19(20)23-26(12-13-30-23)21(27)14-25(18-10-11-18)15-22(28)29-16-17-6-2-1-3-7-17/h1-9,18,23H,10-16H2. The zero-order valence-electron chi connectivity index (χ0n) is 16.7. The van der Waals surface area contributed by atoms with Crippen LogP contribution in [0.15, 0.2) is 54.6 Å². The number of thioether (sulfide) groups is 1. The van der Waals surface area contributed by atoms with Crippen LogP contribution in [0.3, 0.4) is 0 Å². The Morgan fingerprint density at radius 3 is 2.53 bits per heavy atom. The Balaban J connectivity index is 1.35. The molecule has 1 heterocycles. The molecule has 7 heteroatoms. The number of hydrogen-bond acceptors (Lipinski definition) is 5. The summed E-state index contributed by atoms with van der Waals surface area (Å²) in [6.45, 7) is 1.31. The monoisotopic (exact) mass is 444 g/mol. The molecule has 0 spiro atoms. The predicted octanol–water partition coefficient (Wildman–Crippen LogP) is 4.12. The number of nitrogens with zero attached hydrogens (tertiary/aromatic N) is 2. The van der Waals surface area contributed by atoms with Gasteiger partial charge in [-0.05, 0) is 24.5 Å². The van der Waals surface area contributed by atoms with Crippen LogP contribution in [0.4, 0.5) is 0 Å². The fourth-order valence-corrected chi connectivity index (χ4v) is 5.24. The van der Waals surface area contributed by atoms with Crippen LogP contribution >= 0.6 is 23.4 Å². The van der Waals surface area contributed by atoms with Crippen molar-refractivity contribution in [3.8, 4) is 0 Å². The van der Waals surface area contributed by atoms with Gasteiger partial charge in [0, 0.05) is 28.9 Å². The summed E-state index contributed by atoms with van der Waals surface area (Å²) < 4.78 is 5.42. The Kier molecular flexibility index (Phi) is 6.97. The van der Waals surface area contributed by atoms with E-state index in [2.05, 4.69) is 0 Å². The Labute approximate surface area is 186 Å². The van der Waals surface area contributed by atoms with Gasteiger partial charge in [0.1, 0.15) is 12.0 Å². The summed E-state index contributed by atoms with van der Waals surface area (Å²) in [5, 5.41) is 0.607. The fourth-order valence-electron chi connectivity index (χ4n) is 3.63. The number of ether oxygens (including phenoxy) is 1. The van der Waals surface area contributed by atoms with Crippen LogP contribution in [0.25, 0.3) is 0 Å². The SMILES string of the molecule is O=C(CN(CC(=O)N1CCSC1c1ccccc1Cl)C1CC1)OCc1ccccc1. The predicted molar refractivity (Wildman–Crippen MR) is 119 cm³/mol. The second-order valence-corrected chi connectivity index (χ2v) is 9.21. The minimum absolute atomic E-state index is 0.0349. The first-order valence-electron chi connectivity index (χ1n) is 10.2. The van der Waals surface area contributed by atoms with Gasteiger partial charge in [-0.3, -0.25) is 14.5 Å². The highest BCUT2D eigenvalue weighted by molar-refractivity contribution is 7.99. The third kappa shape index (κ3) is 5.36. The molecule has 2 fully saturated rings. The zero-order valence-corrected chi connectivity index (χ0v) is 18.3. The molecule has 1 aliphatic heterocycles. The van der Waals surface area contributed by atoms with Gasteiger partial charge in [0.2, 0.25) is 5.91 Å². The summed E-state index contributed by atoms with van der Waals surface area (Å²) in [6.07, 6.45) is 2.03. The van der Waals surface area contributed by atoms with Crippen molar-refractivity contribution in [2.75, 3.05) is 25.4 Å². The Morgan fingerprint density at radius 1 is 1.07 bits per heavy atom. The van der Waals surface area contributed by atoms with Gasteiger partial charge in [-0.2, -0.15) is 0 Å². The highest BCUT2D eigenvalue weighted by Gasteiger charge is 2.36. The maximum atomic E-state index is 13.1. The van der Waals surface area contributed by atoms with Gasteiger partial charge in [-0.25, -0.2) is 0 Å². The van der Waals surface area contributed by atoms with E-state index in [0.717, 1.165) is 29.7 Å². The van der Waals surface area contributed by atoms with Crippen molar-refractivity contribution in [1.29, 1.82) is 0 Å². The number of esters is 1. The number of hydrogen-bond donors (Lipinski definition) is 0. The summed E-state index contributed by atoms with van der Waals surface area (Å²) in [4.78, 5) is 29.3. The molecule has 2 aliphatic rings. The van der Waals surface area contributed by atoms with Crippen LogP contribution in [-0.4, -0.2) is 53.1 Å². The molecule has 158 valence electrons. The lowest BCUT2D eigenvalue weighted by molar-refractivity contribution is -0.147. The van der Waals surface area contributed by atoms with Crippen molar-refractivity contribution in [1.82, 2.24) is 9.80 Å². The van der Waals surface area contributed by atoms with E-state index < -0.39 is 0 Å². The molecule has 0 N–H and O–H groups in total. The molecule has 2 aromatic carbocycles. The van der Waals surface area contributed by atoms with E-state index in [0.29, 0.717) is 11.6 Å². The van der Waals surface area contributed by atoms with Crippen molar-refractivity contribution >= 4 is 35.2 Å². The molecule has 30 heavy (non-hydrogen) atoms. The van der Waals surface area contributed by atoms with E-state index in [4.69, 9.17) is 16.3 Å². The lowest BCUT2D eigenvalue weighted by atomic mass is 10.2. The molecular formula is C23H25ClN2O3S. The average molecular weight is 445 g/mol. The number of rotatable bonds is 8. The van der Waals surface area contributed by atoms with E-state index in [1.54, 1.807) is 11.8 Å². The van der Waals surface area contributed by atoms with Gasteiger partial charge >= 0.3 is 5.97 Å². The molecule has 5 nitrogen and oxygen atoms in total. The molecule has 1 saturated carbocycles. The average Bonchev–Trinajstić information content (AvgIpc) is 3.49. The normalized spacial score (nSPS) is 18.6. The van der Waals surface area contributed by atoms with Gasteiger partial charge in [0.15, 0.2) is 0 Å². The maximum absolute atomic E-state index is 13.1. The van der Waals surface area contributed by atoms with E-state index in [1.165, 1.54) is 0 Å². The molecule has 0 aromatic heterocycles. The van der Waals surface area contributed by atoms with E-state index in [1.807, 2.05) is 64.4 Å². The van der Waals surface area contributed by atoms with Gasteiger partial charge in [-0.15, -0.1) is 11.8 Å². The number of amides is 1. The Hall–Kier alpha value is -2.02. The lowest BCUT2D eigenvalue weighted by Gasteiger charge is -2.28. The van der Waals surface area contributed by atoms with Crippen molar-refractivity contribution < 1.29 is 14.3 Å². The summed E-state index contributed by atoms with van der Waals surface area (Å²) in [7, 11) is 0. The zero-order chi connectivity index (χ0) is 20.9. The first-order chi connectivity index (χ1) is 14.6. The summed E-state index contributed by atoms with van der Waals surface area (Å²) >= 11 is 8.10. The Bertz CT molecular complexity index is 891. The molecule has 0 radical (unpaired) electrons. The minimum Gasteiger partial charge on any atom is -0.460 e. The molecule has 1 aliphatic carbocycles. The maximum Gasteiger partial charge on any atom is 0.320 e. The van der Waals surface area contributed by atoms with Crippen LogP contribution in [0.2, 0.25) is 5.02 Å². The van der Waals surface area contributed by atoms with E-state index in [-0.39, 0.29) is 43.0 Å². The van der Waals surface area contributed by atoms with Crippen molar-refractivity contribution in [2.45, 2.75) is 30.9 Å². The quantitative estimate of drug-likeness (QED) is 0.573. The van der Waals surface area contributed by atoms with Gasteiger partial charge in [0.05, 0.1) is 13.1 Å². The van der Waals surface area contributed by atoms with E-state index >= 15 is 0 Å². The molecule has 1 unspecified atom stereocenters. The Morgan fingerprint density at radius 2 is 1.80 bits per heavy atom. The number of benzene rings is 2. The van der Waals surface area contributed by atoms with Gasteiger partial charge in [0.25, 0.3) is 0 Å². The number of halogens is 1. The van der Waals surface area contributed by atoms with Crippen LogP contribution in [0.5, 0.6) is 0 Å². The van der Waals surface area contributed by atoms with Crippen LogP contribution in [0, 0.1) is 0 Å².